The molecule has 9 nitrogen and oxygen atoms in total. The highest BCUT2D eigenvalue weighted by Gasteiger charge is 2.19. The van der Waals surface area contributed by atoms with Crippen molar-refractivity contribution in [2.24, 2.45) is 5.73 Å². The van der Waals surface area contributed by atoms with Crippen LogP contribution in [0.4, 0.5) is 4.79 Å². The van der Waals surface area contributed by atoms with E-state index in [0.717, 1.165) is 19.5 Å². The summed E-state index contributed by atoms with van der Waals surface area (Å²) in [7, 11) is 0. The van der Waals surface area contributed by atoms with Gasteiger partial charge in [-0.15, -0.1) is 5.10 Å². The van der Waals surface area contributed by atoms with E-state index in [4.69, 9.17) is 5.73 Å². The minimum absolute atomic E-state index is 0.471. The lowest BCUT2D eigenvalue weighted by molar-refractivity contribution is -0.119. The van der Waals surface area contributed by atoms with Crippen LogP contribution in [0.5, 0.6) is 0 Å². The van der Waals surface area contributed by atoms with Crippen LogP contribution in [0, 0.1) is 0 Å². The molecule has 0 aromatic carbocycles. The zero-order valence-corrected chi connectivity index (χ0v) is 12.3. The molecule has 1 aromatic rings. The maximum Gasteiger partial charge on any atom is 0.318 e. The highest BCUT2D eigenvalue weighted by molar-refractivity contribution is 8.00. The molecule has 4 N–H and O–H groups in total. The number of tetrazole rings is 1. The van der Waals surface area contributed by atoms with E-state index in [2.05, 4.69) is 27.8 Å². The molecule has 0 aliphatic carbocycles. The number of nitrogens with zero attached hydrogens (tertiary/aromatic N) is 4. The van der Waals surface area contributed by atoms with Gasteiger partial charge < -0.3 is 11.1 Å². The van der Waals surface area contributed by atoms with Crippen molar-refractivity contribution in [2.45, 2.75) is 37.2 Å². The van der Waals surface area contributed by atoms with Crippen LogP contribution >= 0.6 is 11.8 Å². The van der Waals surface area contributed by atoms with Crippen molar-refractivity contribution in [3.05, 3.63) is 0 Å². The quantitative estimate of drug-likeness (QED) is 0.430. The van der Waals surface area contributed by atoms with E-state index < -0.39 is 17.2 Å². The summed E-state index contributed by atoms with van der Waals surface area (Å²) >= 11 is 1.17. The third-order valence-corrected chi connectivity index (χ3v) is 3.39. The summed E-state index contributed by atoms with van der Waals surface area (Å²) in [6, 6.07) is -0.870. The van der Waals surface area contributed by atoms with Crippen molar-refractivity contribution in [3.63, 3.8) is 0 Å². The lowest BCUT2D eigenvalue weighted by Gasteiger charge is -2.10. The van der Waals surface area contributed by atoms with Gasteiger partial charge in [-0.05, 0) is 30.3 Å². The van der Waals surface area contributed by atoms with Gasteiger partial charge in [0.15, 0.2) is 0 Å². The molecule has 0 aliphatic rings. The van der Waals surface area contributed by atoms with E-state index in [1.165, 1.54) is 11.8 Å². The van der Waals surface area contributed by atoms with E-state index in [1.54, 1.807) is 11.6 Å². The molecule has 1 unspecified atom stereocenters. The van der Waals surface area contributed by atoms with Crippen LogP contribution in [0.25, 0.3) is 0 Å². The summed E-state index contributed by atoms with van der Waals surface area (Å²) in [5.41, 5.74) is 4.89. The minimum Gasteiger partial charge on any atom is -0.351 e. The molecule has 3 amide bonds. The Hall–Kier alpha value is -1.68. The molecular weight excluding hydrogens is 282 g/mol. The van der Waals surface area contributed by atoms with Gasteiger partial charge in [0.2, 0.25) is 11.1 Å². The Morgan fingerprint density at radius 1 is 1.45 bits per heavy atom. The summed E-state index contributed by atoms with van der Waals surface area (Å²) in [6.45, 7) is 6.03. The second-order valence-electron chi connectivity index (χ2n) is 4.05. The summed E-state index contributed by atoms with van der Waals surface area (Å²) in [5, 5.41) is 16.6. The predicted octanol–water partition coefficient (Wildman–Crippen LogP) is -0.652. The van der Waals surface area contributed by atoms with Crippen LogP contribution in [0.1, 0.15) is 20.3 Å². The lowest BCUT2D eigenvalue weighted by Crippen LogP contribution is -2.39. The lowest BCUT2D eigenvalue weighted by atomic mass is 10.4. The van der Waals surface area contributed by atoms with E-state index in [1.807, 2.05) is 5.32 Å². The van der Waals surface area contributed by atoms with Gasteiger partial charge in [-0.3, -0.25) is 10.1 Å². The van der Waals surface area contributed by atoms with Crippen LogP contribution in [-0.2, 0) is 11.3 Å². The molecule has 112 valence electrons. The fraction of sp³-hybridized carbons (Fsp3) is 0.700. The summed E-state index contributed by atoms with van der Waals surface area (Å²) in [6.07, 6.45) is 1.06. The fourth-order valence-electron chi connectivity index (χ4n) is 1.34. The van der Waals surface area contributed by atoms with Gasteiger partial charge in [-0.2, -0.15) is 0 Å². The Balaban J connectivity index is 2.49. The molecule has 1 heterocycles. The first-order valence-electron chi connectivity index (χ1n) is 6.28. The van der Waals surface area contributed by atoms with Crippen molar-refractivity contribution in [1.82, 2.24) is 30.8 Å². The van der Waals surface area contributed by atoms with Gasteiger partial charge in [0.25, 0.3) is 0 Å². The Morgan fingerprint density at radius 2 is 2.20 bits per heavy atom. The van der Waals surface area contributed by atoms with E-state index in [9.17, 15) is 9.59 Å². The standard InChI is InChI=1S/C10H19N7O2S/c1-3-4-12-5-6-17-10(14-15-16-17)20-7(2)8(18)13-9(11)19/h7,12H,3-6H2,1-2H3,(H3,11,13,18,19). The van der Waals surface area contributed by atoms with Crippen molar-refractivity contribution in [1.29, 1.82) is 0 Å². The second-order valence-corrected chi connectivity index (χ2v) is 5.36. The largest absolute Gasteiger partial charge is 0.351 e. The molecule has 0 aliphatic heterocycles. The predicted molar refractivity (Wildman–Crippen MR) is 74.0 cm³/mol. The first-order chi connectivity index (χ1) is 9.54. The minimum atomic E-state index is -0.870. The van der Waals surface area contributed by atoms with Gasteiger partial charge in [-0.25, -0.2) is 9.48 Å². The number of hydrogen-bond donors (Lipinski definition) is 3. The smallest absolute Gasteiger partial charge is 0.318 e. The average Bonchev–Trinajstić information content (AvgIpc) is 2.81. The highest BCUT2D eigenvalue weighted by atomic mass is 32.2. The molecule has 0 saturated carbocycles. The van der Waals surface area contributed by atoms with Gasteiger partial charge in [0.1, 0.15) is 0 Å². The van der Waals surface area contributed by atoms with Crippen LogP contribution in [-0.4, -0.2) is 50.5 Å². The van der Waals surface area contributed by atoms with Crippen LogP contribution in [0.3, 0.4) is 0 Å². The van der Waals surface area contributed by atoms with Gasteiger partial charge in [0, 0.05) is 6.54 Å². The number of rotatable bonds is 8. The summed E-state index contributed by atoms with van der Waals surface area (Å²) in [4.78, 5) is 22.2. The maximum absolute atomic E-state index is 11.6. The summed E-state index contributed by atoms with van der Waals surface area (Å²) < 4.78 is 1.61. The molecule has 0 fully saturated rings. The number of thioether (sulfide) groups is 1. The average molecular weight is 301 g/mol. The molecule has 0 spiro atoms. The third kappa shape index (κ3) is 5.53. The van der Waals surface area contributed by atoms with E-state index >= 15 is 0 Å². The Morgan fingerprint density at radius 3 is 2.85 bits per heavy atom. The highest BCUT2D eigenvalue weighted by Crippen LogP contribution is 2.19. The molecular formula is C10H19N7O2S. The first-order valence-corrected chi connectivity index (χ1v) is 7.16. The maximum atomic E-state index is 11.6. The fourth-order valence-corrected chi connectivity index (χ4v) is 2.16. The van der Waals surface area contributed by atoms with Crippen LogP contribution in [0.2, 0.25) is 0 Å². The van der Waals surface area contributed by atoms with E-state index in [0.29, 0.717) is 11.7 Å². The normalized spacial score (nSPS) is 12.1. The molecule has 1 aromatic heterocycles. The number of primary amides is 1. The Kier molecular flexibility index (Phi) is 6.94. The number of urea groups is 1. The molecule has 0 saturated heterocycles. The van der Waals surface area contributed by atoms with Crippen LogP contribution < -0.4 is 16.4 Å². The van der Waals surface area contributed by atoms with Crippen molar-refractivity contribution >= 4 is 23.7 Å². The van der Waals surface area contributed by atoms with Crippen molar-refractivity contribution in [3.8, 4) is 0 Å². The molecule has 10 heteroatoms. The van der Waals surface area contributed by atoms with Gasteiger partial charge >= 0.3 is 6.03 Å². The molecule has 0 bridgehead atoms. The van der Waals surface area contributed by atoms with Gasteiger partial charge in [0.05, 0.1) is 11.8 Å². The SMILES string of the molecule is CCCNCCn1nnnc1SC(C)C(=O)NC(N)=O. The summed E-state index contributed by atoms with van der Waals surface area (Å²) in [5.74, 6) is -0.471. The van der Waals surface area contributed by atoms with Gasteiger partial charge in [-0.1, -0.05) is 18.7 Å². The monoisotopic (exact) mass is 301 g/mol. The number of carbonyl (C=O) groups is 2. The van der Waals surface area contributed by atoms with E-state index in [-0.39, 0.29) is 0 Å². The zero-order valence-electron chi connectivity index (χ0n) is 11.5. The number of amides is 3. The Labute approximate surface area is 121 Å². The first kappa shape index (κ1) is 16.4. The number of nitrogens with two attached hydrogens (primary N) is 1. The van der Waals surface area contributed by atoms with Crippen LogP contribution in [0.15, 0.2) is 5.16 Å². The molecule has 0 radical (unpaired) electrons. The Bertz CT molecular complexity index is 451. The number of nitrogens with one attached hydrogen (secondary N) is 2. The molecule has 1 rings (SSSR count). The molecule has 20 heavy (non-hydrogen) atoms. The number of hydrogen-bond acceptors (Lipinski definition) is 7. The van der Waals surface area contributed by atoms with Crippen molar-refractivity contribution in [2.75, 3.05) is 13.1 Å². The number of imide groups is 1. The van der Waals surface area contributed by atoms with Crippen molar-refractivity contribution < 1.29 is 9.59 Å². The molecule has 1 atom stereocenters. The topological polar surface area (TPSA) is 128 Å². The second kappa shape index (κ2) is 8.48. The third-order valence-electron chi connectivity index (χ3n) is 2.32. The number of aromatic nitrogens is 4. The number of carbonyl (C=O) groups excluding carboxylic acids is 2. The zero-order chi connectivity index (χ0) is 15.0.